The number of rotatable bonds is 7. The van der Waals surface area contributed by atoms with Gasteiger partial charge in [0.15, 0.2) is 5.82 Å². The fraction of sp³-hybridized carbons (Fsp3) is 0.367. The predicted octanol–water partition coefficient (Wildman–Crippen LogP) is 6.63. The highest BCUT2D eigenvalue weighted by atomic mass is 19.1. The Bertz CT molecular complexity index is 1420. The van der Waals surface area contributed by atoms with Gasteiger partial charge in [0.25, 0.3) is 0 Å². The van der Waals surface area contributed by atoms with E-state index in [9.17, 15) is 13.9 Å². The first kappa shape index (κ1) is 27.4. The monoisotopic (exact) mass is 517 g/mol. The number of pyridine rings is 1. The molecule has 38 heavy (non-hydrogen) atoms. The molecule has 0 aliphatic heterocycles. The molecule has 8 heteroatoms. The van der Waals surface area contributed by atoms with E-state index in [0.29, 0.717) is 17.2 Å². The fourth-order valence-electron chi connectivity index (χ4n) is 4.54. The average molecular weight is 518 g/mol. The summed E-state index contributed by atoms with van der Waals surface area (Å²) in [5, 5.41) is 18.3. The maximum atomic E-state index is 14.6. The van der Waals surface area contributed by atoms with E-state index in [0.717, 1.165) is 23.2 Å². The zero-order chi connectivity index (χ0) is 27.7. The smallest absolute Gasteiger partial charge is 0.160 e. The van der Waals surface area contributed by atoms with E-state index in [2.05, 4.69) is 61.7 Å². The minimum absolute atomic E-state index is 0.0484. The van der Waals surface area contributed by atoms with Crippen LogP contribution in [0.4, 0.5) is 8.78 Å². The average Bonchev–Trinajstić information content (AvgIpc) is 2.91. The van der Waals surface area contributed by atoms with Crippen LogP contribution in [0.1, 0.15) is 76.5 Å². The molecule has 0 bridgehead atoms. The molecule has 3 heterocycles. The second-order valence-corrected chi connectivity index (χ2v) is 10.8. The number of aliphatic hydroxyl groups excluding tert-OH is 1. The lowest BCUT2D eigenvalue weighted by Gasteiger charge is -2.42. The summed E-state index contributed by atoms with van der Waals surface area (Å²) in [6, 6.07) is 11.0. The largest absolute Gasteiger partial charge is 0.390 e. The minimum Gasteiger partial charge on any atom is -0.390 e. The van der Waals surface area contributed by atoms with Gasteiger partial charge in [-0.05, 0) is 66.6 Å². The number of hydrogen-bond acceptors (Lipinski definition) is 6. The van der Waals surface area contributed by atoms with Crippen LogP contribution >= 0.6 is 0 Å². The molecule has 1 N–H and O–H groups in total. The van der Waals surface area contributed by atoms with Crippen LogP contribution < -0.4 is 0 Å². The molecule has 0 saturated carbocycles. The number of hydrogen-bond donors (Lipinski definition) is 1. The van der Waals surface area contributed by atoms with E-state index in [4.69, 9.17) is 4.98 Å². The molecule has 198 valence electrons. The quantitative estimate of drug-likeness (QED) is 0.296. The normalized spacial score (nSPS) is 14.2. The Morgan fingerprint density at radius 3 is 2.24 bits per heavy atom. The van der Waals surface area contributed by atoms with E-state index in [1.165, 1.54) is 18.2 Å². The molecule has 0 amide bonds. The first-order valence-electron chi connectivity index (χ1n) is 12.7. The van der Waals surface area contributed by atoms with Gasteiger partial charge >= 0.3 is 0 Å². The van der Waals surface area contributed by atoms with E-state index < -0.39 is 17.0 Å². The Hall–Kier alpha value is -3.65. The van der Waals surface area contributed by atoms with Gasteiger partial charge in [0.2, 0.25) is 0 Å². The van der Waals surface area contributed by atoms with Crippen LogP contribution in [0, 0.1) is 17.0 Å². The molecule has 2 atom stereocenters. The van der Waals surface area contributed by atoms with Crippen molar-refractivity contribution in [2.45, 2.75) is 65.9 Å². The van der Waals surface area contributed by atoms with Gasteiger partial charge in [0, 0.05) is 18.0 Å². The maximum absolute atomic E-state index is 14.6. The summed E-state index contributed by atoms with van der Waals surface area (Å²) in [6.07, 6.45) is 4.15. The van der Waals surface area contributed by atoms with Crippen LogP contribution in [0.15, 0.2) is 54.9 Å². The van der Waals surface area contributed by atoms with Gasteiger partial charge in [0.05, 0.1) is 40.4 Å². The van der Waals surface area contributed by atoms with Crippen LogP contribution in [0.5, 0.6) is 0 Å². The second kappa shape index (κ2) is 10.6. The minimum atomic E-state index is -0.735. The Balaban J connectivity index is 1.93. The summed E-state index contributed by atoms with van der Waals surface area (Å²) in [5.74, 6) is -0.811. The van der Waals surface area contributed by atoms with Crippen molar-refractivity contribution in [2.24, 2.45) is 5.41 Å². The van der Waals surface area contributed by atoms with Gasteiger partial charge in [-0.1, -0.05) is 40.7 Å². The Labute approximate surface area is 222 Å². The van der Waals surface area contributed by atoms with Crippen LogP contribution in [0.25, 0.3) is 22.6 Å². The van der Waals surface area contributed by atoms with E-state index >= 15 is 0 Å². The Morgan fingerprint density at radius 1 is 0.947 bits per heavy atom. The van der Waals surface area contributed by atoms with Crippen molar-refractivity contribution in [3.63, 3.8) is 0 Å². The molecule has 0 unspecified atom stereocenters. The number of nitrogens with zero attached hydrogens (tertiary/aromatic N) is 5. The van der Waals surface area contributed by atoms with Crippen molar-refractivity contribution in [1.82, 2.24) is 25.1 Å². The lowest BCUT2D eigenvalue weighted by molar-refractivity contribution is 0.234. The lowest BCUT2D eigenvalue weighted by atomic mass is 9.62. The zero-order valence-corrected chi connectivity index (χ0v) is 22.6. The summed E-state index contributed by atoms with van der Waals surface area (Å²) < 4.78 is 29.3. The highest BCUT2D eigenvalue weighted by Gasteiger charge is 2.46. The van der Waals surface area contributed by atoms with Crippen LogP contribution in [0.3, 0.4) is 0 Å². The molecular weight excluding hydrogens is 484 g/mol. The van der Waals surface area contributed by atoms with E-state index in [1.54, 1.807) is 24.5 Å². The summed E-state index contributed by atoms with van der Waals surface area (Å²) in [4.78, 5) is 13.7. The van der Waals surface area contributed by atoms with Crippen LogP contribution in [-0.4, -0.2) is 30.3 Å². The molecule has 0 aliphatic carbocycles. The third-order valence-electron chi connectivity index (χ3n) is 7.57. The van der Waals surface area contributed by atoms with Gasteiger partial charge in [0.1, 0.15) is 11.6 Å². The number of benzene rings is 1. The van der Waals surface area contributed by atoms with Crippen molar-refractivity contribution in [3.05, 3.63) is 89.1 Å². The summed E-state index contributed by atoms with van der Waals surface area (Å²) >= 11 is 0. The molecule has 0 spiro atoms. The molecular formula is C30H33F2N5O. The van der Waals surface area contributed by atoms with Crippen LogP contribution in [0.2, 0.25) is 0 Å². The topological polar surface area (TPSA) is 84.7 Å². The molecule has 4 aromatic rings. The third kappa shape index (κ3) is 4.92. The van der Waals surface area contributed by atoms with Crippen LogP contribution in [-0.2, 0) is 12.0 Å². The zero-order valence-electron chi connectivity index (χ0n) is 22.6. The SMILES string of the molecule is CC[C@H](C)c1cc(-c2c(F)cccc2F)nnc1[C@](C)(c1ccnc(-c2ccc(CO)nc2)n1)C(C)(C)C. The Kier molecular flexibility index (Phi) is 7.65. The molecule has 0 saturated heterocycles. The molecule has 3 aromatic heterocycles. The van der Waals surface area contributed by atoms with Gasteiger partial charge in [-0.2, -0.15) is 5.10 Å². The first-order valence-corrected chi connectivity index (χ1v) is 12.7. The van der Waals surface area contributed by atoms with Crippen molar-refractivity contribution >= 4 is 0 Å². The highest BCUT2D eigenvalue weighted by molar-refractivity contribution is 5.62. The van der Waals surface area contributed by atoms with Gasteiger partial charge in [-0.25, -0.2) is 18.7 Å². The standard InChI is InChI=1S/C30H33F2N5O/c1-7-18(2)21-15-24(26-22(31)9-8-10-23(26)32)36-37-27(21)30(6,29(3,4)5)25-13-14-33-28(35-25)19-11-12-20(17-38)34-16-19/h8-16,18,38H,7,17H2,1-6H3/t18-,30-/m0/s1. The molecule has 0 fully saturated rings. The van der Waals surface area contributed by atoms with Crippen molar-refractivity contribution in [3.8, 4) is 22.6 Å². The fourth-order valence-corrected chi connectivity index (χ4v) is 4.54. The predicted molar refractivity (Wildman–Crippen MR) is 143 cm³/mol. The first-order chi connectivity index (χ1) is 18.0. The molecule has 0 radical (unpaired) electrons. The number of aliphatic hydroxyl groups is 1. The van der Waals surface area contributed by atoms with Gasteiger partial charge in [-0.15, -0.1) is 5.10 Å². The molecule has 0 aliphatic rings. The second-order valence-electron chi connectivity index (χ2n) is 10.8. The molecule has 4 rings (SSSR count). The van der Waals surface area contributed by atoms with Gasteiger partial charge in [-0.3, -0.25) is 4.98 Å². The molecule has 6 nitrogen and oxygen atoms in total. The van der Waals surface area contributed by atoms with E-state index in [1.807, 2.05) is 12.1 Å². The third-order valence-corrected chi connectivity index (χ3v) is 7.57. The summed E-state index contributed by atoms with van der Waals surface area (Å²) in [6.45, 7) is 12.4. The Morgan fingerprint density at radius 2 is 1.66 bits per heavy atom. The summed E-state index contributed by atoms with van der Waals surface area (Å²) in [7, 11) is 0. The van der Waals surface area contributed by atoms with E-state index in [-0.39, 0.29) is 29.2 Å². The molecule has 1 aromatic carbocycles. The van der Waals surface area contributed by atoms with Crippen molar-refractivity contribution in [2.75, 3.05) is 0 Å². The highest BCUT2D eigenvalue weighted by Crippen LogP contribution is 2.48. The lowest BCUT2D eigenvalue weighted by Crippen LogP contribution is -2.41. The number of halogens is 2. The number of aromatic nitrogens is 5. The maximum Gasteiger partial charge on any atom is 0.160 e. The van der Waals surface area contributed by atoms with Crippen molar-refractivity contribution < 1.29 is 13.9 Å². The summed E-state index contributed by atoms with van der Waals surface area (Å²) in [5.41, 5.74) is 2.46. The van der Waals surface area contributed by atoms with Crippen molar-refractivity contribution in [1.29, 1.82) is 0 Å². The van der Waals surface area contributed by atoms with Gasteiger partial charge < -0.3 is 5.11 Å².